The lowest BCUT2D eigenvalue weighted by molar-refractivity contribution is 0.0651. The van der Waals surface area contributed by atoms with Crippen LogP contribution in [-0.2, 0) is 6.42 Å². The number of carboxylic acid groups (broad SMARTS) is 2. The standard InChI is InChI=1S/C17H15FO4/c1-10(8-11-2-5-13(18)6-3-11)12-4-7-14(16(19)20)15(9-12)17(21)22/h2-7,9-10H,8H2,1H3,(H,19,20)(H,21,22). The normalized spacial score (nSPS) is 11.9. The van der Waals surface area contributed by atoms with Gasteiger partial charge in [-0.1, -0.05) is 25.1 Å². The predicted molar refractivity (Wildman–Crippen MR) is 78.9 cm³/mol. The van der Waals surface area contributed by atoms with Crippen molar-refractivity contribution in [1.29, 1.82) is 0 Å². The van der Waals surface area contributed by atoms with E-state index in [1.807, 2.05) is 6.92 Å². The maximum atomic E-state index is 12.9. The summed E-state index contributed by atoms with van der Waals surface area (Å²) in [7, 11) is 0. The van der Waals surface area contributed by atoms with E-state index in [0.29, 0.717) is 6.42 Å². The molecule has 2 rings (SSSR count). The van der Waals surface area contributed by atoms with Crippen LogP contribution in [0.15, 0.2) is 42.5 Å². The fourth-order valence-electron chi connectivity index (χ4n) is 2.32. The first-order chi connectivity index (χ1) is 10.4. The van der Waals surface area contributed by atoms with Crippen molar-refractivity contribution in [2.24, 2.45) is 0 Å². The van der Waals surface area contributed by atoms with Crippen LogP contribution in [0.3, 0.4) is 0 Å². The van der Waals surface area contributed by atoms with Crippen LogP contribution in [0.25, 0.3) is 0 Å². The van der Waals surface area contributed by atoms with E-state index >= 15 is 0 Å². The third kappa shape index (κ3) is 3.49. The van der Waals surface area contributed by atoms with Crippen molar-refractivity contribution in [2.45, 2.75) is 19.3 Å². The van der Waals surface area contributed by atoms with E-state index in [0.717, 1.165) is 11.1 Å². The van der Waals surface area contributed by atoms with Crippen LogP contribution < -0.4 is 0 Å². The molecule has 0 aromatic heterocycles. The molecule has 0 radical (unpaired) electrons. The highest BCUT2D eigenvalue weighted by atomic mass is 19.1. The summed E-state index contributed by atoms with van der Waals surface area (Å²) in [5, 5.41) is 18.1. The summed E-state index contributed by atoms with van der Waals surface area (Å²) < 4.78 is 12.9. The second-order valence-corrected chi connectivity index (χ2v) is 5.15. The molecule has 0 fully saturated rings. The Morgan fingerprint density at radius 3 is 2.14 bits per heavy atom. The van der Waals surface area contributed by atoms with Crippen LogP contribution in [0.5, 0.6) is 0 Å². The van der Waals surface area contributed by atoms with Crippen LogP contribution in [0.1, 0.15) is 44.7 Å². The average Bonchev–Trinajstić information content (AvgIpc) is 2.48. The van der Waals surface area contributed by atoms with Gasteiger partial charge in [-0.25, -0.2) is 14.0 Å². The highest BCUT2D eigenvalue weighted by Crippen LogP contribution is 2.23. The van der Waals surface area contributed by atoms with E-state index in [9.17, 15) is 14.0 Å². The molecule has 0 aliphatic rings. The van der Waals surface area contributed by atoms with Gasteiger partial charge in [0.2, 0.25) is 0 Å². The summed E-state index contributed by atoms with van der Waals surface area (Å²) in [4.78, 5) is 22.2. The molecule has 0 heterocycles. The Kier molecular flexibility index (Phi) is 4.56. The Labute approximate surface area is 126 Å². The van der Waals surface area contributed by atoms with Gasteiger partial charge >= 0.3 is 11.9 Å². The van der Waals surface area contributed by atoms with Gasteiger partial charge in [-0.15, -0.1) is 0 Å². The Bertz CT molecular complexity index is 707. The molecule has 4 nitrogen and oxygen atoms in total. The molecule has 22 heavy (non-hydrogen) atoms. The summed E-state index contributed by atoms with van der Waals surface area (Å²) in [6.45, 7) is 1.91. The van der Waals surface area contributed by atoms with Crippen molar-refractivity contribution in [1.82, 2.24) is 0 Å². The molecule has 1 atom stereocenters. The molecule has 0 amide bonds. The zero-order valence-corrected chi connectivity index (χ0v) is 11.9. The van der Waals surface area contributed by atoms with Gasteiger partial charge in [-0.3, -0.25) is 0 Å². The first-order valence-corrected chi connectivity index (χ1v) is 6.73. The van der Waals surface area contributed by atoms with Gasteiger partial charge in [0.15, 0.2) is 0 Å². The topological polar surface area (TPSA) is 74.6 Å². The van der Waals surface area contributed by atoms with Crippen LogP contribution in [0.2, 0.25) is 0 Å². The molecule has 0 aliphatic heterocycles. The van der Waals surface area contributed by atoms with E-state index in [1.54, 1.807) is 18.2 Å². The summed E-state index contributed by atoms with van der Waals surface area (Å²) >= 11 is 0. The first-order valence-electron chi connectivity index (χ1n) is 6.73. The number of carbonyl (C=O) groups is 2. The van der Waals surface area contributed by atoms with Gasteiger partial charge in [-0.2, -0.15) is 0 Å². The van der Waals surface area contributed by atoms with Crippen molar-refractivity contribution in [3.8, 4) is 0 Å². The Hall–Kier alpha value is -2.69. The van der Waals surface area contributed by atoms with Crippen LogP contribution in [0.4, 0.5) is 4.39 Å². The van der Waals surface area contributed by atoms with Crippen LogP contribution in [0, 0.1) is 5.82 Å². The minimum Gasteiger partial charge on any atom is -0.478 e. The largest absolute Gasteiger partial charge is 0.478 e. The van der Waals surface area contributed by atoms with Gasteiger partial charge in [0.1, 0.15) is 5.82 Å². The van der Waals surface area contributed by atoms with Gasteiger partial charge in [0.05, 0.1) is 11.1 Å². The molecule has 2 aromatic rings. The molecule has 114 valence electrons. The molecular weight excluding hydrogens is 287 g/mol. The fraction of sp³-hybridized carbons (Fsp3) is 0.176. The predicted octanol–water partition coefficient (Wildman–Crippen LogP) is 3.57. The lowest BCUT2D eigenvalue weighted by atomic mass is 9.91. The van der Waals surface area contributed by atoms with Crippen LogP contribution >= 0.6 is 0 Å². The minimum atomic E-state index is -1.27. The molecule has 0 saturated carbocycles. The number of rotatable bonds is 5. The van der Waals surface area contributed by atoms with Crippen molar-refractivity contribution in [2.75, 3.05) is 0 Å². The quantitative estimate of drug-likeness (QED) is 0.885. The average molecular weight is 302 g/mol. The van der Waals surface area contributed by atoms with Gasteiger partial charge in [0, 0.05) is 0 Å². The van der Waals surface area contributed by atoms with Crippen LogP contribution in [-0.4, -0.2) is 22.2 Å². The molecule has 0 saturated heterocycles. The Morgan fingerprint density at radius 1 is 1.00 bits per heavy atom. The zero-order valence-electron chi connectivity index (χ0n) is 11.9. The van der Waals surface area contributed by atoms with E-state index in [-0.39, 0.29) is 22.9 Å². The monoisotopic (exact) mass is 302 g/mol. The summed E-state index contributed by atoms with van der Waals surface area (Å²) in [5.74, 6) is -2.87. The highest BCUT2D eigenvalue weighted by molar-refractivity contribution is 6.01. The van der Waals surface area contributed by atoms with Gasteiger partial charge < -0.3 is 10.2 Å². The minimum absolute atomic E-state index is 0.0218. The zero-order chi connectivity index (χ0) is 16.3. The smallest absolute Gasteiger partial charge is 0.336 e. The van der Waals surface area contributed by atoms with Crippen molar-refractivity contribution in [3.05, 3.63) is 70.5 Å². The maximum absolute atomic E-state index is 12.9. The van der Waals surface area contributed by atoms with Crippen molar-refractivity contribution < 1.29 is 24.2 Å². The van der Waals surface area contributed by atoms with E-state index in [2.05, 4.69) is 0 Å². The molecule has 0 spiro atoms. The Morgan fingerprint density at radius 2 is 1.59 bits per heavy atom. The van der Waals surface area contributed by atoms with E-state index < -0.39 is 11.9 Å². The summed E-state index contributed by atoms with van der Waals surface area (Å²) in [6, 6.07) is 10.4. The molecular formula is C17H15FO4. The Balaban J connectivity index is 2.28. The lowest BCUT2D eigenvalue weighted by Crippen LogP contribution is -2.10. The van der Waals surface area contributed by atoms with E-state index in [1.165, 1.54) is 24.3 Å². The van der Waals surface area contributed by atoms with Crippen molar-refractivity contribution in [3.63, 3.8) is 0 Å². The molecule has 2 aromatic carbocycles. The van der Waals surface area contributed by atoms with Crippen molar-refractivity contribution >= 4 is 11.9 Å². The molecule has 0 bridgehead atoms. The maximum Gasteiger partial charge on any atom is 0.336 e. The van der Waals surface area contributed by atoms with E-state index in [4.69, 9.17) is 10.2 Å². The second kappa shape index (κ2) is 6.39. The first kappa shape index (κ1) is 15.7. The summed E-state index contributed by atoms with van der Waals surface area (Å²) in [6.07, 6.45) is 0.603. The lowest BCUT2D eigenvalue weighted by Gasteiger charge is -2.14. The number of halogens is 1. The highest BCUT2D eigenvalue weighted by Gasteiger charge is 2.18. The number of hydrogen-bond donors (Lipinski definition) is 2. The fourth-order valence-corrected chi connectivity index (χ4v) is 2.32. The molecule has 2 N–H and O–H groups in total. The number of hydrogen-bond acceptors (Lipinski definition) is 2. The second-order valence-electron chi connectivity index (χ2n) is 5.15. The van der Waals surface area contributed by atoms with Gasteiger partial charge in [-0.05, 0) is 47.7 Å². The summed E-state index contributed by atoms with van der Waals surface area (Å²) in [5.41, 5.74) is 1.20. The number of aromatic carboxylic acids is 2. The van der Waals surface area contributed by atoms with Gasteiger partial charge in [0.25, 0.3) is 0 Å². The molecule has 1 unspecified atom stereocenters. The number of benzene rings is 2. The SMILES string of the molecule is CC(Cc1ccc(F)cc1)c1ccc(C(=O)O)c(C(=O)O)c1. The number of carboxylic acids is 2. The molecule has 0 aliphatic carbocycles. The molecule has 5 heteroatoms. The third-order valence-electron chi connectivity index (χ3n) is 3.53. The third-order valence-corrected chi connectivity index (χ3v) is 3.53.